The van der Waals surface area contributed by atoms with Crippen LogP contribution >= 0.6 is 0 Å². The molecule has 1 aliphatic heterocycles. The maximum atomic E-state index is 4.54. The molecule has 1 aliphatic rings. The fourth-order valence-corrected chi connectivity index (χ4v) is 2.87. The van der Waals surface area contributed by atoms with Gasteiger partial charge in [-0.1, -0.05) is 0 Å². The molecule has 0 spiro atoms. The van der Waals surface area contributed by atoms with Gasteiger partial charge in [-0.15, -0.1) is 5.10 Å². The first-order valence-corrected chi connectivity index (χ1v) is 8.37. The lowest BCUT2D eigenvalue weighted by molar-refractivity contribution is 0.796. The van der Waals surface area contributed by atoms with Crippen LogP contribution in [0.4, 0.5) is 23.1 Å². The summed E-state index contributed by atoms with van der Waals surface area (Å²) in [5.41, 5.74) is 2.30. The zero-order chi connectivity index (χ0) is 16.1. The highest BCUT2D eigenvalue weighted by atomic mass is 15.3. The second-order valence-corrected chi connectivity index (χ2v) is 5.68. The molecule has 1 fully saturated rings. The zero-order valence-electron chi connectivity index (χ0n) is 13.9. The van der Waals surface area contributed by atoms with E-state index in [9.17, 15) is 0 Å². The Balaban J connectivity index is 1.70. The molecule has 0 amide bonds. The van der Waals surface area contributed by atoms with Crippen molar-refractivity contribution in [2.45, 2.75) is 26.7 Å². The maximum Gasteiger partial charge on any atom is 0.247 e. The van der Waals surface area contributed by atoms with E-state index < -0.39 is 0 Å². The predicted octanol–water partition coefficient (Wildman–Crippen LogP) is 3.06. The number of anilines is 4. The van der Waals surface area contributed by atoms with Crippen molar-refractivity contribution in [2.24, 2.45) is 0 Å². The molecule has 122 valence electrons. The van der Waals surface area contributed by atoms with E-state index in [-0.39, 0.29) is 0 Å². The van der Waals surface area contributed by atoms with Gasteiger partial charge in [0.1, 0.15) is 0 Å². The van der Waals surface area contributed by atoms with E-state index >= 15 is 0 Å². The van der Waals surface area contributed by atoms with Gasteiger partial charge >= 0.3 is 0 Å². The average Bonchev–Trinajstić information content (AvgIpc) is 3.12. The van der Waals surface area contributed by atoms with E-state index in [1.54, 1.807) is 6.20 Å². The molecule has 23 heavy (non-hydrogen) atoms. The molecule has 0 radical (unpaired) electrons. The standard InChI is InChI=1S/C17H24N6/c1-3-22(4-2)17-20-16(13-18-21-17)19-14-7-9-15(10-8-14)23-11-5-6-12-23/h7-10,13H,3-6,11-12H2,1-2H3,(H,19,20,21). The minimum atomic E-state index is 0.661. The minimum absolute atomic E-state index is 0.661. The van der Waals surface area contributed by atoms with Gasteiger partial charge < -0.3 is 15.1 Å². The van der Waals surface area contributed by atoms with Gasteiger partial charge in [-0.2, -0.15) is 10.1 Å². The summed E-state index contributed by atoms with van der Waals surface area (Å²) in [7, 11) is 0. The van der Waals surface area contributed by atoms with Crippen LogP contribution in [0, 0.1) is 0 Å². The Morgan fingerprint density at radius 2 is 1.78 bits per heavy atom. The monoisotopic (exact) mass is 312 g/mol. The van der Waals surface area contributed by atoms with E-state index in [1.165, 1.54) is 18.5 Å². The summed E-state index contributed by atoms with van der Waals surface area (Å²) < 4.78 is 0. The SMILES string of the molecule is CCN(CC)c1nncc(Nc2ccc(N3CCCC3)cc2)n1. The highest BCUT2D eigenvalue weighted by Crippen LogP contribution is 2.23. The molecule has 1 aromatic carbocycles. The van der Waals surface area contributed by atoms with Crippen molar-refractivity contribution in [3.63, 3.8) is 0 Å². The fourth-order valence-electron chi connectivity index (χ4n) is 2.87. The quantitative estimate of drug-likeness (QED) is 0.884. The van der Waals surface area contributed by atoms with Gasteiger partial charge in [0.05, 0.1) is 6.20 Å². The van der Waals surface area contributed by atoms with Gasteiger partial charge in [-0.3, -0.25) is 0 Å². The number of hydrogen-bond acceptors (Lipinski definition) is 6. The Morgan fingerprint density at radius 1 is 1.09 bits per heavy atom. The van der Waals surface area contributed by atoms with Crippen LogP contribution in [0.25, 0.3) is 0 Å². The fraction of sp³-hybridized carbons (Fsp3) is 0.471. The molecule has 0 atom stereocenters. The van der Waals surface area contributed by atoms with Crippen molar-refractivity contribution in [3.8, 4) is 0 Å². The summed E-state index contributed by atoms with van der Waals surface area (Å²) in [5.74, 6) is 1.38. The second-order valence-electron chi connectivity index (χ2n) is 5.68. The summed E-state index contributed by atoms with van der Waals surface area (Å²) >= 11 is 0. The van der Waals surface area contributed by atoms with Gasteiger partial charge in [0, 0.05) is 37.6 Å². The molecule has 3 rings (SSSR count). The van der Waals surface area contributed by atoms with Crippen LogP contribution in [0.1, 0.15) is 26.7 Å². The molecule has 0 unspecified atom stereocenters. The molecule has 1 N–H and O–H groups in total. The third-order valence-electron chi connectivity index (χ3n) is 4.20. The number of rotatable bonds is 6. The van der Waals surface area contributed by atoms with Crippen LogP contribution in [-0.4, -0.2) is 41.4 Å². The highest BCUT2D eigenvalue weighted by Gasteiger charge is 2.12. The molecule has 6 heteroatoms. The van der Waals surface area contributed by atoms with Crippen molar-refractivity contribution in [1.29, 1.82) is 0 Å². The van der Waals surface area contributed by atoms with Crippen LogP contribution in [0.5, 0.6) is 0 Å². The maximum absolute atomic E-state index is 4.54. The smallest absolute Gasteiger partial charge is 0.247 e. The Kier molecular flexibility index (Phi) is 4.90. The first kappa shape index (κ1) is 15.5. The molecule has 1 saturated heterocycles. The van der Waals surface area contributed by atoms with E-state index in [2.05, 4.69) is 68.4 Å². The van der Waals surface area contributed by atoms with Gasteiger partial charge in [0.2, 0.25) is 5.95 Å². The van der Waals surface area contributed by atoms with Crippen LogP contribution < -0.4 is 15.1 Å². The largest absolute Gasteiger partial charge is 0.372 e. The van der Waals surface area contributed by atoms with E-state index in [0.717, 1.165) is 37.7 Å². The molecule has 1 aromatic heterocycles. The number of benzene rings is 1. The number of hydrogen-bond donors (Lipinski definition) is 1. The molecular weight excluding hydrogens is 288 g/mol. The van der Waals surface area contributed by atoms with Gasteiger partial charge in [-0.25, -0.2) is 0 Å². The molecule has 2 aromatic rings. The minimum Gasteiger partial charge on any atom is -0.372 e. The number of nitrogens with one attached hydrogen (secondary N) is 1. The summed E-state index contributed by atoms with van der Waals surface area (Å²) in [4.78, 5) is 9.04. The topological polar surface area (TPSA) is 57.2 Å². The highest BCUT2D eigenvalue weighted by molar-refractivity contribution is 5.61. The normalized spacial score (nSPS) is 14.1. The number of nitrogens with zero attached hydrogens (tertiary/aromatic N) is 5. The van der Waals surface area contributed by atoms with Crippen molar-refractivity contribution in [2.75, 3.05) is 41.3 Å². The molecule has 0 saturated carbocycles. The van der Waals surface area contributed by atoms with Crippen molar-refractivity contribution < 1.29 is 0 Å². The summed E-state index contributed by atoms with van der Waals surface area (Å²) in [5, 5.41) is 11.5. The molecule has 2 heterocycles. The molecular formula is C17H24N6. The first-order valence-electron chi connectivity index (χ1n) is 8.37. The first-order chi connectivity index (χ1) is 11.3. The lowest BCUT2D eigenvalue weighted by Crippen LogP contribution is -2.24. The van der Waals surface area contributed by atoms with Gasteiger partial charge in [0.15, 0.2) is 5.82 Å². The van der Waals surface area contributed by atoms with E-state index in [1.807, 2.05) is 0 Å². The zero-order valence-corrected chi connectivity index (χ0v) is 13.9. The van der Waals surface area contributed by atoms with Crippen molar-refractivity contribution in [3.05, 3.63) is 30.5 Å². The van der Waals surface area contributed by atoms with E-state index in [0.29, 0.717) is 5.95 Å². The van der Waals surface area contributed by atoms with Crippen molar-refractivity contribution >= 4 is 23.1 Å². The van der Waals surface area contributed by atoms with Crippen LogP contribution in [0.3, 0.4) is 0 Å². The Morgan fingerprint density at radius 3 is 2.43 bits per heavy atom. The molecule has 0 aliphatic carbocycles. The van der Waals surface area contributed by atoms with Crippen LogP contribution in [-0.2, 0) is 0 Å². The Hall–Kier alpha value is -2.37. The lowest BCUT2D eigenvalue weighted by atomic mass is 10.2. The Labute approximate surface area is 137 Å². The number of aromatic nitrogens is 3. The van der Waals surface area contributed by atoms with Crippen molar-refractivity contribution in [1.82, 2.24) is 15.2 Å². The summed E-state index contributed by atoms with van der Waals surface area (Å²) in [6.45, 7) is 8.23. The van der Waals surface area contributed by atoms with E-state index in [4.69, 9.17) is 0 Å². The summed E-state index contributed by atoms with van der Waals surface area (Å²) in [6, 6.07) is 8.50. The van der Waals surface area contributed by atoms with Gasteiger partial charge in [-0.05, 0) is 51.0 Å². The third-order valence-corrected chi connectivity index (χ3v) is 4.20. The average molecular weight is 312 g/mol. The predicted molar refractivity (Wildman–Crippen MR) is 94.6 cm³/mol. The second kappa shape index (κ2) is 7.26. The van der Waals surface area contributed by atoms with Gasteiger partial charge in [0.25, 0.3) is 0 Å². The molecule has 6 nitrogen and oxygen atoms in total. The third kappa shape index (κ3) is 3.70. The van der Waals surface area contributed by atoms with Crippen LogP contribution in [0.15, 0.2) is 30.5 Å². The summed E-state index contributed by atoms with van der Waals surface area (Å²) in [6.07, 6.45) is 4.24. The lowest BCUT2D eigenvalue weighted by Gasteiger charge is -2.19. The van der Waals surface area contributed by atoms with Crippen LogP contribution in [0.2, 0.25) is 0 Å². The molecule has 0 bridgehead atoms. The Bertz CT molecular complexity index is 617.